The maximum Gasteiger partial charge on any atom is 0.319 e. The van der Waals surface area contributed by atoms with E-state index < -0.39 is 5.82 Å². The van der Waals surface area contributed by atoms with Crippen LogP contribution in [0.5, 0.6) is 0 Å². The minimum Gasteiger partial charge on any atom is -0.331 e. The molecule has 3 amide bonds. The summed E-state index contributed by atoms with van der Waals surface area (Å²) in [5.41, 5.74) is 1.07. The van der Waals surface area contributed by atoms with Gasteiger partial charge in [0.15, 0.2) is 0 Å². The van der Waals surface area contributed by atoms with Crippen LogP contribution in [0, 0.1) is 11.7 Å². The van der Waals surface area contributed by atoms with Crippen molar-refractivity contribution in [3.63, 3.8) is 0 Å². The van der Waals surface area contributed by atoms with E-state index in [0.29, 0.717) is 49.6 Å². The Labute approximate surface area is 152 Å². The van der Waals surface area contributed by atoms with Crippen molar-refractivity contribution in [1.29, 1.82) is 0 Å². The van der Waals surface area contributed by atoms with Gasteiger partial charge >= 0.3 is 6.03 Å². The van der Waals surface area contributed by atoms with Gasteiger partial charge in [-0.1, -0.05) is 11.6 Å². The first-order valence-electron chi connectivity index (χ1n) is 8.64. The summed E-state index contributed by atoms with van der Waals surface area (Å²) in [5.74, 6) is -0.637. The fourth-order valence-electron chi connectivity index (χ4n) is 3.68. The van der Waals surface area contributed by atoms with Crippen LogP contribution < -0.4 is 4.90 Å². The van der Waals surface area contributed by atoms with E-state index in [1.165, 1.54) is 6.07 Å². The number of halogens is 2. The molecule has 1 aromatic rings. The molecule has 136 valence electrons. The maximum atomic E-state index is 14.4. The van der Waals surface area contributed by atoms with Crippen molar-refractivity contribution in [2.24, 2.45) is 5.92 Å². The highest BCUT2D eigenvalue weighted by molar-refractivity contribution is 6.32. The van der Waals surface area contributed by atoms with Gasteiger partial charge in [0.25, 0.3) is 0 Å². The van der Waals surface area contributed by atoms with E-state index in [4.69, 9.17) is 11.6 Å². The Bertz CT molecular complexity index is 687. The average Bonchev–Trinajstić information content (AvgIpc) is 2.63. The number of urea groups is 1. The second kappa shape index (κ2) is 7.20. The summed E-state index contributed by atoms with van der Waals surface area (Å²) in [7, 11) is 3.44. The molecule has 0 radical (unpaired) electrons. The van der Waals surface area contributed by atoms with Crippen LogP contribution in [0.4, 0.5) is 14.9 Å². The van der Waals surface area contributed by atoms with Crippen molar-refractivity contribution in [2.45, 2.75) is 25.7 Å². The quantitative estimate of drug-likeness (QED) is 0.765. The fourth-order valence-corrected chi connectivity index (χ4v) is 3.93. The van der Waals surface area contributed by atoms with Crippen LogP contribution in [0.3, 0.4) is 0 Å². The maximum absolute atomic E-state index is 14.4. The van der Waals surface area contributed by atoms with E-state index in [1.54, 1.807) is 34.9 Å². The van der Waals surface area contributed by atoms with Crippen molar-refractivity contribution >= 4 is 29.2 Å². The molecule has 0 aromatic heterocycles. The summed E-state index contributed by atoms with van der Waals surface area (Å²) in [5, 5.41) is 0.514. The van der Waals surface area contributed by atoms with Gasteiger partial charge in [-0.05, 0) is 43.4 Å². The first-order valence-corrected chi connectivity index (χ1v) is 9.02. The number of hydrogen-bond acceptors (Lipinski definition) is 2. The third-order valence-corrected chi connectivity index (χ3v) is 5.37. The van der Waals surface area contributed by atoms with Crippen LogP contribution in [0.15, 0.2) is 12.1 Å². The zero-order valence-electron chi connectivity index (χ0n) is 14.6. The average molecular weight is 368 g/mol. The van der Waals surface area contributed by atoms with Gasteiger partial charge in [0, 0.05) is 44.7 Å². The minimum absolute atomic E-state index is 0.0351. The third-order valence-electron chi connectivity index (χ3n) is 5.02. The lowest BCUT2D eigenvalue weighted by Gasteiger charge is -2.37. The smallest absolute Gasteiger partial charge is 0.319 e. The molecule has 25 heavy (non-hydrogen) atoms. The molecular weight excluding hydrogens is 345 g/mol. The Hall–Kier alpha value is -1.82. The molecule has 1 saturated heterocycles. The predicted octanol–water partition coefficient (Wildman–Crippen LogP) is 3.15. The summed E-state index contributed by atoms with van der Waals surface area (Å²) in [6.07, 6.45) is 2.67. The normalized spacial score (nSPS) is 18.1. The van der Waals surface area contributed by atoms with Crippen LogP contribution >= 0.6 is 11.6 Å². The molecule has 1 fully saturated rings. The Balaban J connectivity index is 1.74. The fraction of sp³-hybridized carbons (Fsp3) is 0.556. The van der Waals surface area contributed by atoms with E-state index in [1.807, 2.05) is 0 Å². The van der Waals surface area contributed by atoms with Gasteiger partial charge in [-0.15, -0.1) is 0 Å². The standard InChI is InChI=1S/C18H23ClFN3O2/c1-21(2)18(25)22-10-7-12(8-11-22)17(24)23-9-3-4-13-14(19)5-6-15(20)16(13)23/h5-6,12H,3-4,7-11H2,1-2H3. The molecule has 0 atom stereocenters. The molecule has 0 unspecified atom stereocenters. The Morgan fingerprint density at radius 3 is 2.52 bits per heavy atom. The number of likely N-dealkylation sites (tertiary alicyclic amines) is 1. The van der Waals surface area contributed by atoms with E-state index in [-0.39, 0.29) is 17.9 Å². The minimum atomic E-state index is -0.396. The molecule has 0 N–H and O–H groups in total. The monoisotopic (exact) mass is 367 g/mol. The number of nitrogens with zero attached hydrogens (tertiary/aromatic N) is 3. The zero-order valence-corrected chi connectivity index (χ0v) is 15.4. The number of carbonyl (C=O) groups excluding carboxylic acids is 2. The molecule has 2 heterocycles. The molecule has 0 aliphatic carbocycles. The molecule has 2 aliphatic heterocycles. The highest BCUT2D eigenvalue weighted by Gasteiger charge is 2.34. The largest absolute Gasteiger partial charge is 0.331 e. The van der Waals surface area contributed by atoms with Crippen LogP contribution in [0.2, 0.25) is 5.02 Å². The number of fused-ring (bicyclic) bond motifs is 1. The highest BCUT2D eigenvalue weighted by atomic mass is 35.5. The van der Waals surface area contributed by atoms with Gasteiger partial charge in [-0.2, -0.15) is 0 Å². The molecule has 1 aromatic carbocycles. The second-order valence-corrected chi connectivity index (χ2v) is 7.30. The molecule has 7 heteroatoms. The lowest BCUT2D eigenvalue weighted by Crippen LogP contribution is -2.48. The van der Waals surface area contributed by atoms with Gasteiger partial charge in [0.1, 0.15) is 5.82 Å². The number of rotatable bonds is 1. The predicted molar refractivity (Wildman–Crippen MR) is 95.5 cm³/mol. The molecule has 0 bridgehead atoms. The van der Waals surface area contributed by atoms with E-state index in [2.05, 4.69) is 0 Å². The topological polar surface area (TPSA) is 43.9 Å². The summed E-state index contributed by atoms with van der Waals surface area (Å²) in [4.78, 5) is 29.9. The van der Waals surface area contributed by atoms with Crippen molar-refractivity contribution in [1.82, 2.24) is 9.80 Å². The zero-order chi connectivity index (χ0) is 18.1. The molecule has 3 rings (SSSR count). The molecular formula is C18H23ClFN3O2. The number of benzene rings is 1. The Kier molecular flexibility index (Phi) is 5.18. The first-order chi connectivity index (χ1) is 11.9. The van der Waals surface area contributed by atoms with Crippen molar-refractivity contribution < 1.29 is 14.0 Å². The lowest BCUT2D eigenvalue weighted by molar-refractivity contribution is -0.123. The van der Waals surface area contributed by atoms with Crippen LogP contribution in [0.25, 0.3) is 0 Å². The summed E-state index contributed by atoms with van der Waals surface area (Å²) < 4.78 is 14.4. The van der Waals surface area contributed by atoms with Crippen LogP contribution in [0.1, 0.15) is 24.8 Å². The van der Waals surface area contributed by atoms with Gasteiger partial charge < -0.3 is 14.7 Å². The SMILES string of the molecule is CN(C)C(=O)N1CCC(C(=O)N2CCCc3c(Cl)ccc(F)c32)CC1. The number of carbonyl (C=O) groups is 2. The highest BCUT2D eigenvalue weighted by Crippen LogP contribution is 2.36. The molecule has 5 nitrogen and oxygen atoms in total. The van der Waals surface area contributed by atoms with E-state index in [9.17, 15) is 14.0 Å². The lowest BCUT2D eigenvalue weighted by atomic mass is 9.93. The van der Waals surface area contributed by atoms with Crippen molar-refractivity contribution in [2.75, 3.05) is 38.6 Å². The van der Waals surface area contributed by atoms with Gasteiger partial charge in [-0.25, -0.2) is 9.18 Å². The molecule has 0 spiro atoms. The molecule has 0 saturated carbocycles. The second-order valence-electron chi connectivity index (χ2n) is 6.89. The summed E-state index contributed by atoms with van der Waals surface area (Å²) in [6.45, 7) is 1.61. The first kappa shape index (κ1) is 18.0. The molecule has 2 aliphatic rings. The van der Waals surface area contributed by atoms with Crippen molar-refractivity contribution in [3.8, 4) is 0 Å². The van der Waals surface area contributed by atoms with E-state index >= 15 is 0 Å². The van der Waals surface area contributed by atoms with Gasteiger partial charge in [0.05, 0.1) is 5.69 Å². The number of hydrogen-bond donors (Lipinski definition) is 0. The number of anilines is 1. The van der Waals surface area contributed by atoms with Gasteiger partial charge in [-0.3, -0.25) is 4.79 Å². The van der Waals surface area contributed by atoms with Crippen LogP contribution in [-0.2, 0) is 11.2 Å². The van der Waals surface area contributed by atoms with Gasteiger partial charge in [0.2, 0.25) is 5.91 Å². The Morgan fingerprint density at radius 2 is 1.88 bits per heavy atom. The third kappa shape index (κ3) is 3.45. The Morgan fingerprint density at radius 1 is 1.20 bits per heavy atom. The summed E-state index contributed by atoms with van der Waals surface area (Å²) in [6, 6.07) is 2.84. The van der Waals surface area contributed by atoms with Crippen molar-refractivity contribution in [3.05, 3.63) is 28.5 Å². The van der Waals surface area contributed by atoms with E-state index in [0.717, 1.165) is 12.0 Å². The van der Waals surface area contributed by atoms with Crippen LogP contribution in [-0.4, -0.2) is 55.5 Å². The summed E-state index contributed by atoms with van der Waals surface area (Å²) >= 11 is 6.20. The number of piperidine rings is 1. The number of amides is 3.